The number of fused-ring (bicyclic) bond motifs is 1. The Kier molecular flexibility index (Phi) is 5.31. The maximum Gasteiger partial charge on any atom is 0.257 e. The summed E-state index contributed by atoms with van der Waals surface area (Å²) in [5.74, 6) is 0.0349. The van der Waals surface area contributed by atoms with E-state index in [4.69, 9.17) is 5.73 Å². The van der Waals surface area contributed by atoms with Crippen molar-refractivity contribution in [2.45, 2.75) is 33.2 Å². The summed E-state index contributed by atoms with van der Waals surface area (Å²) in [5.41, 5.74) is 7.22. The molecule has 2 heterocycles. The third kappa shape index (κ3) is 3.33. The van der Waals surface area contributed by atoms with Crippen LogP contribution in [0.2, 0.25) is 0 Å². The number of nitrogens with zero attached hydrogens (tertiary/aromatic N) is 3. The number of halogens is 1. The lowest BCUT2D eigenvalue weighted by Crippen LogP contribution is -2.55. The first-order valence-corrected chi connectivity index (χ1v) is 6.71. The van der Waals surface area contributed by atoms with Gasteiger partial charge < -0.3 is 11.1 Å². The topological polar surface area (TPSA) is 85.3 Å². The van der Waals surface area contributed by atoms with Crippen LogP contribution in [0.1, 0.15) is 36.8 Å². The lowest BCUT2D eigenvalue weighted by Gasteiger charge is -2.33. The van der Waals surface area contributed by atoms with Crippen molar-refractivity contribution >= 4 is 24.0 Å². The molecule has 0 aromatic carbocycles. The van der Waals surface area contributed by atoms with E-state index in [1.165, 1.54) is 6.20 Å². The monoisotopic (exact) mass is 311 g/mol. The van der Waals surface area contributed by atoms with E-state index >= 15 is 0 Å². The van der Waals surface area contributed by atoms with Gasteiger partial charge in [0.15, 0.2) is 5.65 Å². The standard InChI is InChI=1S/C14H21N5O.ClH/c1-9(2)14(4,8-15)18-13(20)11-7-16-19-6-5-10(3)17-12(11)19;/h5-7,9H,8,15H2,1-4H3,(H,18,20);1H. The number of hydrogen-bond acceptors (Lipinski definition) is 4. The first kappa shape index (κ1) is 17.4. The van der Waals surface area contributed by atoms with Gasteiger partial charge >= 0.3 is 0 Å². The summed E-state index contributed by atoms with van der Waals surface area (Å²) in [6.45, 7) is 8.27. The van der Waals surface area contributed by atoms with Crippen LogP contribution in [0, 0.1) is 12.8 Å². The highest BCUT2D eigenvalue weighted by Crippen LogP contribution is 2.17. The second-order valence-electron chi connectivity index (χ2n) is 5.63. The van der Waals surface area contributed by atoms with Crippen LogP contribution in [-0.2, 0) is 0 Å². The molecule has 1 unspecified atom stereocenters. The first-order chi connectivity index (χ1) is 9.37. The zero-order valence-electron chi connectivity index (χ0n) is 12.8. The molecule has 0 bridgehead atoms. The quantitative estimate of drug-likeness (QED) is 0.897. The minimum atomic E-state index is -0.449. The van der Waals surface area contributed by atoms with Crippen LogP contribution in [0.15, 0.2) is 18.5 Å². The number of hydrogen-bond donors (Lipinski definition) is 2. The number of carbonyl (C=O) groups excluding carboxylic acids is 1. The third-order valence-corrected chi connectivity index (χ3v) is 3.85. The molecule has 0 aliphatic heterocycles. The van der Waals surface area contributed by atoms with Gasteiger partial charge in [0.2, 0.25) is 0 Å². The predicted octanol–water partition coefficient (Wildman–Crippen LogP) is 1.56. The van der Waals surface area contributed by atoms with E-state index in [1.807, 2.05) is 33.8 Å². The average molecular weight is 312 g/mol. The number of nitrogens with one attached hydrogen (secondary N) is 1. The maximum atomic E-state index is 12.5. The Labute approximate surface area is 130 Å². The molecule has 21 heavy (non-hydrogen) atoms. The molecule has 0 spiro atoms. The summed E-state index contributed by atoms with van der Waals surface area (Å²) in [6.07, 6.45) is 3.33. The minimum Gasteiger partial charge on any atom is -0.345 e. The molecule has 0 saturated carbocycles. The third-order valence-electron chi connectivity index (χ3n) is 3.85. The first-order valence-electron chi connectivity index (χ1n) is 6.71. The van der Waals surface area contributed by atoms with Gasteiger partial charge in [-0.3, -0.25) is 4.79 Å². The molecular formula is C14H22ClN5O. The Hall–Kier alpha value is -1.66. The summed E-state index contributed by atoms with van der Waals surface area (Å²) < 4.78 is 1.59. The Morgan fingerprint density at radius 1 is 1.52 bits per heavy atom. The molecule has 0 fully saturated rings. The SMILES string of the molecule is Cc1ccn2ncc(C(=O)NC(C)(CN)C(C)C)c2n1.Cl. The molecule has 2 rings (SSSR count). The van der Waals surface area contributed by atoms with Crippen molar-refractivity contribution in [1.82, 2.24) is 19.9 Å². The zero-order valence-corrected chi connectivity index (χ0v) is 13.6. The van der Waals surface area contributed by atoms with Gasteiger partial charge in [0, 0.05) is 18.4 Å². The van der Waals surface area contributed by atoms with Gasteiger partial charge in [-0.05, 0) is 25.8 Å². The molecule has 1 atom stereocenters. The van der Waals surface area contributed by atoms with Crippen LogP contribution >= 0.6 is 12.4 Å². The van der Waals surface area contributed by atoms with Gasteiger partial charge in [-0.1, -0.05) is 13.8 Å². The lowest BCUT2D eigenvalue weighted by atomic mass is 9.88. The number of aryl methyl sites for hydroxylation is 1. The van der Waals surface area contributed by atoms with E-state index in [2.05, 4.69) is 15.4 Å². The second kappa shape index (κ2) is 6.41. The second-order valence-corrected chi connectivity index (χ2v) is 5.63. The van der Waals surface area contributed by atoms with Gasteiger partial charge in [-0.2, -0.15) is 5.10 Å². The van der Waals surface area contributed by atoms with Gasteiger partial charge in [0.1, 0.15) is 5.56 Å². The molecular weight excluding hydrogens is 290 g/mol. The van der Waals surface area contributed by atoms with Crippen LogP contribution in [-0.4, -0.2) is 32.6 Å². The highest BCUT2D eigenvalue weighted by atomic mass is 35.5. The number of nitrogens with two attached hydrogens (primary N) is 1. The van der Waals surface area contributed by atoms with E-state index in [0.29, 0.717) is 17.8 Å². The fraction of sp³-hybridized carbons (Fsp3) is 0.500. The summed E-state index contributed by atoms with van der Waals surface area (Å²) in [5, 5.41) is 7.14. The Balaban J connectivity index is 0.00000220. The Morgan fingerprint density at radius 3 is 2.76 bits per heavy atom. The highest BCUT2D eigenvalue weighted by Gasteiger charge is 2.30. The summed E-state index contributed by atoms with van der Waals surface area (Å²) in [7, 11) is 0. The average Bonchev–Trinajstić information content (AvgIpc) is 2.81. The highest BCUT2D eigenvalue weighted by molar-refractivity contribution is 6.00. The Bertz CT molecular complexity index is 639. The van der Waals surface area contributed by atoms with E-state index in [9.17, 15) is 4.79 Å². The van der Waals surface area contributed by atoms with Crippen LogP contribution in [0.5, 0.6) is 0 Å². The van der Waals surface area contributed by atoms with Gasteiger partial charge in [-0.15, -0.1) is 12.4 Å². The van der Waals surface area contributed by atoms with E-state index in [0.717, 1.165) is 5.69 Å². The van der Waals surface area contributed by atoms with E-state index < -0.39 is 5.54 Å². The van der Waals surface area contributed by atoms with Crippen molar-refractivity contribution in [2.75, 3.05) is 6.54 Å². The van der Waals surface area contributed by atoms with Gasteiger partial charge in [0.25, 0.3) is 5.91 Å². The molecule has 2 aromatic rings. The summed E-state index contributed by atoms with van der Waals surface area (Å²) in [6, 6.07) is 1.85. The van der Waals surface area contributed by atoms with Crippen molar-refractivity contribution in [2.24, 2.45) is 11.7 Å². The minimum absolute atomic E-state index is 0. The van der Waals surface area contributed by atoms with Crippen LogP contribution in [0.25, 0.3) is 5.65 Å². The molecule has 0 radical (unpaired) electrons. The number of aromatic nitrogens is 3. The lowest BCUT2D eigenvalue weighted by molar-refractivity contribution is 0.0884. The largest absolute Gasteiger partial charge is 0.345 e. The Morgan fingerprint density at radius 2 is 2.19 bits per heavy atom. The number of rotatable bonds is 4. The van der Waals surface area contributed by atoms with E-state index in [-0.39, 0.29) is 24.2 Å². The smallest absolute Gasteiger partial charge is 0.257 e. The maximum absolute atomic E-state index is 12.5. The van der Waals surface area contributed by atoms with Gasteiger partial charge in [-0.25, -0.2) is 9.50 Å². The van der Waals surface area contributed by atoms with Crippen LogP contribution in [0.4, 0.5) is 0 Å². The van der Waals surface area contributed by atoms with Crippen LogP contribution in [0.3, 0.4) is 0 Å². The number of carbonyl (C=O) groups is 1. The summed E-state index contributed by atoms with van der Waals surface area (Å²) in [4.78, 5) is 16.8. The number of amides is 1. The molecule has 0 saturated heterocycles. The molecule has 116 valence electrons. The molecule has 2 aromatic heterocycles. The van der Waals surface area contributed by atoms with Gasteiger partial charge in [0.05, 0.1) is 11.7 Å². The zero-order chi connectivity index (χ0) is 14.9. The fourth-order valence-corrected chi connectivity index (χ4v) is 1.88. The molecule has 0 aliphatic rings. The normalized spacial score (nSPS) is 13.8. The predicted molar refractivity (Wildman–Crippen MR) is 84.7 cm³/mol. The molecule has 6 nitrogen and oxygen atoms in total. The van der Waals surface area contributed by atoms with E-state index in [1.54, 1.807) is 10.7 Å². The van der Waals surface area contributed by atoms with Crippen molar-refractivity contribution in [3.05, 3.63) is 29.7 Å². The molecule has 1 amide bonds. The van der Waals surface area contributed by atoms with Crippen molar-refractivity contribution < 1.29 is 4.79 Å². The van der Waals surface area contributed by atoms with Crippen molar-refractivity contribution in [3.63, 3.8) is 0 Å². The van der Waals surface area contributed by atoms with Crippen LogP contribution < -0.4 is 11.1 Å². The van der Waals surface area contributed by atoms with Crippen molar-refractivity contribution in [3.8, 4) is 0 Å². The molecule has 7 heteroatoms. The fourth-order valence-electron chi connectivity index (χ4n) is 1.88. The summed E-state index contributed by atoms with van der Waals surface area (Å²) >= 11 is 0. The molecule has 3 N–H and O–H groups in total. The van der Waals surface area contributed by atoms with Crippen molar-refractivity contribution in [1.29, 1.82) is 0 Å². The molecule has 0 aliphatic carbocycles.